The fraction of sp³-hybridized carbons (Fsp3) is 0.222. The SMILES string of the molecule is COc1ccc(-c2nnc(CN(C)S(=O)(=O)c3ccccc3)o2)cc1OC. The molecular weight excluding hydrogens is 370 g/mol. The van der Waals surface area contributed by atoms with Gasteiger partial charge in [-0.3, -0.25) is 0 Å². The third-order valence-corrected chi connectivity index (χ3v) is 5.72. The number of sulfonamides is 1. The lowest BCUT2D eigenvalue weighted by Crippen LogP contribution is -2.26. The molecule has 0 fully saturated rings. The van der Waals surface area contributed by atoms with Crippen molar-refractivity contribution in [1.82, 2.24) is 14.5 Å². The summed E-state index contributed by atoms with van der Waals surface area (Å²) >= 11 is 0. The standard InChI is InChI=1S/C18H19N3O5S/c1-21(27(22,23)14-7-5-4-6-8-14)12-17-19-20-18(26-17)13-9-10-15(24-2)16(11-13)25-3/h4-11H,12H2,1-3H3. The number of benzene rings is 2. The summed E-state index contributed by atoms with van der Waals surface area (Å²) in [6.07, 6.45) is 0. The van der Waals surface area contributed by atoms with Gasteiger partial charge in [-0.2, -0.15) is 4.31 Å². The van der Waals surface area contributed by atoms with Crippen molar-refractivity contribution in [1.29, 1.82) is 0 Å². The van der Waals surface area contributed by atoms with Crippen molar-refractivity contribution >= 4 is 10.0 Å². The first-order chi connectivity index (χ1) is 13.0. The Balaban J connectivity index is 1.80. The van der Waals surface area contributed by atoms with E-state index in [-0.39, 0.29) is 23.2 Å². The number of nitrogens with zero attached hydrogens (tertiary/aromatic N) is 3. The van der Waals surface area contributed by atoms with E-state index >= 15 is 0 Å². The Bertz CT molecular complexity index is 1020. The van der Waals surface area contributed by atoms with E-state index in [0.717, 1.165) is 4.31 Å². The third kappa shape index (κ3) is 3.93. The summed E-state index contributed by atoms with van der Waals surface area (Å²) < 4.78 is 42.4. The first-order valence-corrected chi connectivity index (χ1v) is 9.46. The average Bonchev–Trinajstić information content (AvgIpc) is 3.16. The average molecular weight is 389 g/mol. The van der Waals surface area contributed by atoms with Gasteiger partial charge >= 0.3 is 0 Å². The molecule has 27 heavy (non-hydrogen) atoms. The molecule has 0 bridgehead atoms. The molecule has 0 saturated carbocycles. The lowest BCUT2D eigenvalue weighted by atomic mass is 10.2. The minimum atomic E-state index is -3.64. The van der Waals surface area contributed by atoms with Gasteiger partial charge in [-0.1, -0.05) is 18.2 Å². The summed E-state index contributed by atoms with van der Waals surface area (Å²) in [4.78, 5) is 0.201. The number of hydrogen-bond donors (Lipinski definition) is 0. The van der Waals surface area contributed by atoms with Gasteiger partial charge in [-0.15, -0.1) is 10.2 Å². The number of aromatic nitrogens is 2. The highest BCUT2D eigenvalue weighted by molar-refractivity contribution is 7.89. The normalized spacial score (nSPS) is 11.6. The predicted molar refractivity (Wildman–Crippen MR) is 97.9 cm³/mol. The van der Waals surface area contributed by atoms with E-state index in [2.05, 4.69) is 10.2 Å². The molecule has 0 N–H and O–H groups in total. The summed E-state index contributed by atoms with van der Waals surface area (Å²) in [5.74, 6) is 1.55. The molecular formula is C18H19N3O5S. The van der Waals surface area contributed by atoms with Gasteiger partial charge in [0.2, 0.25) is 21.8 Å². The van der Waals surface area contributed by atoms with Gasteiger partial charge in [-0.25, -0.2) is 8.42 Å². The number of hydrogen-bond acceptors (Lipinski definition) is 7. The van der Waals surface area contributed by atoms with Crippen LogP contribution in [-0.2, 0) is 16.6 Å². The second-order valence-electron chi connectivity index (χ2n) is 5.64. The quantitative estimate of drug-likeness (QED) is 0.613. The van der Waals surface area contributed by atoms with Crippen LogP contribution in [0.4, 0.5) is 0 Å². The summed E-state index contributed by atoms with van der Waals surface area (Å²) in [5, 5.41) is 7.93. The number of methoxy groups -OCH3 is 2. The highest BCUT2D eigenvalue weighted by atomic mass is 32.2. The van der Waals surface area contributed by atoms with E-state index in [1.807, 2.05) is 0 Å². The molecule has 0 aliphatic rings. The van der Waals surface area contributed by atoms with Gasteiger partial charge in [-0.05, 0) is 30.3 Å². The zero-order valence-electron chi connectivity index (χ0n) is 15.1. The molecule has 8 nitrogen and oxygen atoms in total. The molecule has 0 aliphatic carbocycles. The molecule has 0 amide bonds. The maximum absolute atomic E-state index is 12.6. The van der Waals surface area contributed by atoms with Gasteiger partial charge in [0.1, 0.15) is 0 Å². The summed E-state index contributed by atoms with van der Waals surface area (Å²) in [5.41, 5.74) is 0.639. The van der Waals surface area contributed by atoms with Crippen molar-refractivity contribution in [3.8, 4) is 23.0 Å². The smallest absolute Gasteiger partial charge is 0.247 e. The Morgan fingerprint density at radius 1 is 1.00 bits per heavy atom. The molecule has 142 valence electrons. The van der Waals surface area contributed by atoms with E-state index in [1.165, 1.54) is 26.3 Å². The third-order valence-electron chi connectivity index (χ3n) is 3.91. The van der Waals surface area contributed by atoms with E-state index in [4.69, 9.17) is 13.9 Å². The maximum Gasteiger partial charge on any atom is 0.247 e. The second-order valence-corrected chi connectivity index (χ2v) is 7.69. The monoisotopic (exact) mass is 389 g/mol. The first-order valence-electron chi connectivity index (χ1n) is 8.02. The van der Waals surface area contributed by atoms with Crippen molar-refractivity contribution < 1.29 is 22.3 Å². The van der Waals surface area contributed by atoms with Crippen LogP contribution in [-0.4, -0.2) is 44.2 Å². The van der Waals surface area contributed by atoms with Crippen molar-refractivity contribution in [3.05, 3.63) is 54.4 Å². The molecule has 0 spiro atoms. The molecule has 1 aromatic heterocycles. The van der Waals surface area contributed by atoms with Crippen molar-refractivity contribution in [2.75, 3.05) is 21.3 Å². The Hall–Kier alpha value is -2.91. The summed E-state index contributed by atoms with van der Waals surface area (Å²) in [6.45, 7) is -0.0441. The summed E-state index contributed by atoms with van der Waals surface area (Å²) in [7, 11) is 0.897. The fourth-order valence-electron chi connectivity index (χ4n) is 2.45. The van der Waals surface area contributed by atoms with Gasteiger partial charge in [0, 0.05) is 12.6 Å². The van der Waals surface area contributed by atoms with Crippen LogP contribution in [0.1, 0.15) is 5.89 Å². The van der Waals surface area contributed by atoms with Crippen LogP contribution in [0, 0.1) is 0 Å². The van der Waals surface area contributed by atoms with E-state index in [9.17, 15) is 8.42 Å². The lowest BCUT2D eigenvalue weighted by molar-refractivity contribution is 0.355. The van der Waals surface area contributed by atoms with Crippen LogP contribution in [0.2, 0.25) is 0 Å². The fourth-order valence-corrected chi connectivity index (χ4v) is 3.59. The van der Waals surface area contributed by atoms with E-state index < -0.39 is 10.0 Å². The van der Waals surface area contributed by atoms with Gasteiger partial charge in [0.15, 0.2) is 11.5 Å². The van der Waals surface area contributed by atoms with E-state index in [0.29, 0.717) is 17.1 Å². The number of rotatable bonds is 7. The molecule has 0 radical (unpaired) electrons. The van der Waals surface area contributed by atoms with Crippen LogP contribution in [0.25, 0.3) is 11.5 Å². The Morgan fingerprint density at radius 2 is 1.70 bits per heavy atom. The van der Waals surface area contributed by atoms with Gasteiger partial charge < -0.3 is 13.9 Å². The molecule has 2 aromatic carbocycles. The molecule has 0 saturated heterocycles. The minimum absolute atomic E-state index is 0.0441. The highest BCUT2D eigenvalue weighted by Gasteiger charge is 2.23. The molecule has 0 aliphatic heterocycles. The zero-order valence-corrected chi connectivity index (χ0v) is 15.9. The van der Waals surface area contributed by atoms with Crippen LogP contribution in [0.5, 0.6) is 11.5 Å². The molecule has 3 aromatic rings. The van der Waals surface area contributed by atoms with Crippen molar-refractivity contribution in [2.24, 2.45) is 0 Å². The minimum Gasteiger partial charge on any atom is -0.493 e. The Labute approximate surface area is 157 Å². The Kier molecular flexibility index (Phi) is 5.43. The molecule has 0 atom stereocenters. The largest absolute Gasteiger partial charge is 0.493 e. The topological polar surface area (TPSA) is 94.8 Å². The van der Waals surface area contributed by atoms with Gasteiger partial charge in [0.05, 0.1) is 25.7 Å². The second kappa shape index (κ2) is 7.77. The highest BCUT2D eigenvalue weighted by Crippen LogP contribution is 2.31. The number of ether oxygens (including phenoxy) is 2. The lowest BCUT2D eigenvalue weighted by Gasteiger charge is -2.14. The molecule has 0 unspecified atom stereocenters. The maximum atomic E-state index is 12.6. The van der Waals surface area contributed by atoms with Crippen LogP contribution < -0.4 is 9.47 Å². The van der Waals surface area contributed by atoms with E-state index in [1.54, 1.807) is 43.5 Å². The Morgan fingerprint density at radius 3 is 2.37 bits per heavy atom. The van der Waals surface area contributed by atoms with Crippen molar-refractivity contribution in [2.45, 2.75) is 11.4 Å². The van der Waals surface area contributed by atoms with Crippen LogP contribution in [0.15, 0.2) is 57.8 Å². The van der Waals surface area contributed by atoms with Crippen LogP contribution in [0.3, 0.4) is 0 Å². The first kappa shape index (κ1) is 18.9. The molecule has 3 rings (SSSR count). The molecule has 1 heterocycles. The van der Waals surface area contributed by atoms with Crippen molar-refractivity contribution in [3.63, 3.8) is 0 Å². The van der Waals surface area contributed by atoms with Crippen LogP contribution >= 0.6 is 0 Å². The van der Waals surface area contributed by atoms with Gasteiger partial charge in [0.25, 0.3) is 0 Å². The summed E-state index contributed by atoms with van der Waals surface area (Å²) in [6, 6.07) is 13.4. The predicted octanol–water partition coefficient (Wildman–Crippen LogP) is 2.57. The molecule has 9 heteroatoms. The zero-order chi connectivity index (χ0) is 19.4.